The number of H-pyrrole nitrogens is 1. The lowest BCUT2D eigenvalue weighted by molar-refractivity contribution is -0.384. The van der Waals surface area contributed by atoms with Gasteiger partial charge < -0.3 is 34.7 Å². The highest BCUT2D eigenvalue weighted by atomic mass is 32.2. The van der Waals surface area contributed by atoms with Crippen LogP contribution in [0.15, 0.2) is 114 Å². The van der Waals surface area contributed by atoms with Crippen LogP contribution in [-0.2, 0) is 10.0 Å². The zero-order valence-corrected chi connectivity index (χ0v) is 44.4. The number of fused-ring (bicyclic) bond motifs is 1. The molecule has 1 amide bonds. The van der Waals surface area contributed by atoms with Gasteiger partial charge in [-0.3, -0.25) is 19.8 Å². The van der Waals surface area contributed by atoms with Crippen LogP contribution in [0.2, 0.25) is 0 Å². The van der Waals surface area contributed by atoms with Gasteiger partial charge in [0, 0.05) is 86.4 Å². The molecule has 16 nitrogen and oxygen atoms in total. The van der Waals surface area contributed by atoms with E-state index in [2.05, 4.69) is 92.0 Å². The van der Waals surface area contributed by atoms with E-state index in [1.165, 1.54) is 28.9 Å². The molecule has 2 unspecified atom stereocenters. The van der Waals surface area contributed by atoms with Crippen molar-refractivity contribution in [1.82, 2.24) is 19.6 Å². The topological polar surface area (TPSA) is 195 Å². The molecular weight excluding hydrogens is 969 g/mol. The summed E-state index contributed by atoms with van der Waals surface area (Å²) in [7, 11) is -0.661. The highest BCUT2D eigenvalue weighted by molar-refractivity contribution is 7.90. The van der Waals surface area contributed by atoms with Crippen molar-refractivity contribution in [2.24, 2.45) is 11.3 Å². The number of methoxy groups -OCH3 is 1. The minimum absolute atomic E-state index is 0.0291. The molecule has 4 fully saturated rings. The van der Waals surface area contributed by atoms with Crippen molar-refractivity contribution in [3.05, 3.63) is 136 Å². The van der Waals surface area contributed by atoms with Crippen molar-refractivity contribution >= 4 is 49.7 Å². The Morgan fingerprint density at radius 2 is 1.69 bits per heavy atom. The van der Waals surface area contributed by atoms with Crippen molar-refractivity contribution in [3.63, 3.8) is 0 Å². The number of anilines is 3. The van der Waals surface area contributed by atoms with Gasteiger partial charge in [0.2, 0.25) is 0 Å². The van der Waals surface area contributed by atoms with Crippen LogP contribution in [0.4, 0.5) is 22.7 Å². The SMILES string of the molecule is COc1ccc(N(C)C2CCN(C3CC4(CCN(c5ccc(C(=O)NS(=O)(=O)c6ccc(NC[C@H]7CC[C@](C)(O)CC7)c([N+](=O)[O-])c6)c(Oc6cnc7[nH]ccc7c6)c5)CC4)C3)C(c3ccccc3C(C)C)C2)cc1. The molecule has 2 aliphatic heterocycles. The lowest BCUT2D eigenvalue weighted by Crippen LogP contribution is -2.58. The molecule has 2 aliphatic carbocycles. The first-order valence-corrected chi connectivity index (χ1v) is 28.0. The number of ether oxygens (including phenoxy) is 2. The van der Waals surface area contributed by atoms with Gasteiger partial charge in [-0.1, -0.05) is 38.1 Å². The third-order valence-corrected chi connectivity index (χ3v) is 18.2. The molecule has 2 aromatic heterocycles. The van der Waals surface area contributed by atoms with Crippen molar-refractivity contribution in [2.75, 3.05) is 55.5 Å². The Morgan fingerprint density at radius 3 is 2.41 bits per heavy atom. The number of hydrogen-bond donors (Lipinski definition) is 4. The molecule has 2 atom stereocenters. The predicted octanol–water partition coefficient (Wildman–Crippen LogP) is 11.0. The first kappa shape index (κ1) is 51.8. The van der Waals surface area contributed by atoms with E-state index in [0.717, 1.165) is 93.9 Å². The fourth-order valence-corrected chi connectivity index (χ4v) is 13.3. The first-order valence-electron chi connectivity index (χ1n) is 26.5. The van der Waals surface area contributed by atoms with Crippen LogP contribution in [0, 0.1) is 21.4 Å². The maximum atomic E-state index is 14.1. The fourth-order valence-electron chi connectivity index (χ4n) is 12.3. The van der Waals surface area contributed by atoms with Gasteiger partial charge in [-0.25, -0.2) is 18.1 Å². The van der Waals surface area contributed by atoms with Crippen LogP contribution in [0.3, 0.4) is 0 Å². The van der Waals surface area contributed by atoms with Crippen molar-refractivity contribution < 1.29 is 32.7 Å². The fraction of sp³-hybridized carbons (Fsp3) is 0.448. The molecule has 396 valence electrons. The van der Waals surface area contributed by atoms with Gasteiger partial charge in [-0.2, -0.15) is 0 Å². The Morgan fingerprint density at radius 1 is 0.947 bits per heavy atom. The molecule has 4 aromatic carbocycles. The highest BCUT2D eigenvalue weighted by Crippen LogP contribution is 2.54. The lowest BCUT2D eigenvalue weighted by Gasteiger charge is -2.58. The number of pyridine rings is 1. The number of carbonyl (C=O) groups excluding carboxylic acids is 1. The predicted molar refractivity (Wildman–Crippen MR) is 293 cm³/mol. The number of piperidine rings is 2. The van der Waals surface area contributed by atoms with E-state index in [0.29, 0.717) is 54.8 Å². The Balaban J connectivity index is 0.834. The van der Waals surface area contributed by atoms with Gasteiger partial charge in [0.05, 0.1) is 34.3 Å². The van der Waals surface area contributed by atoms with E-state index < -0.39 is 37.0 Å². The number of nitrogens with one attached hydrogen (secondary N) is 3. The Kier molecular flexibility index (Phi) is 14.6. The maximum absolute atomic E-state index is 14.1. The van der Waals surface area contributed by atoms with Crippen LogP contribution >= 0.6 is 0 Å². The number of sulfonamides is 1. The molecule has 4 aliphatic rings. The summed E-state index contributed by atoms with van der Waals surface area (Å²) < 4.78 is 41.7. The monoisotopic (exact) mass is 1040 g/mol. The molecule has 75 heavy (non-hydrogen) atoms. The summed E-state index contributed by atoms with van der Waals surface area (Å²) in [4.78, 5) is 40.4. The number of aromatic amines is 1. The van der Waals surface area contributed by atoms with Gasteiger partial charge in [-0.05, 0) is 160 Å². The number of nitro groups is 1. The zero-order valence-electron chi connectivity index (χ0n) is 43.6. The smallest absolute Gasteiger partial charge is 0.293 e. The third-order valence-electron chi connectivity index (χ3n) is 16.9. The molecule has 4 N–H and O–H groups in total. The summed E-state index contributed by atoms with van der Waals surface area (Å²) in [6.45, 7) is 9.49. The number of likely N-dealkylation sites (tertiary alicyclic amines) is 1. The number of nitro benzene ring substituents is 1. The quantitative estimate of drug-likeness (QED) is 0.0529. The van der Waals surface area contributed by atoms with E-state index in [-0.39, 0.29) is 28.3 Å². The number of aliphatic hydroxyl groups is 1. The van der Waals surface area contributed by atoms with Gasteiger partial charge in [-0.15, -0.1) is 0 Å². The number of carbonyl (C=O) groups is 1. The van der Waals surface area contributed by atoms with Crippen LogP contribution in [-0.4, -0.2) is 97.2 Å². The van der Waals surface area contributed by atoms with Crippen molar-refractivity contribution in [1.29, 1.82) is 0 Å². The number of nitrogens with zero attached hydrogens (tertiary/aromatic N) is 5. The summed E-state index contributed by atoms with van der Waals surface area (Å²) >= 11 is 0. The average molecular weight is 1040 g/mol. The zero-order chi connectivity index (χ0) is 52.6. The van der Waals surface area contributed by atoms with E-state index in [1.807, 2.05) is 31.2 Å². The summed E-state index contributed by atoms with van der Waals surface area (Å²) in [6, 6.07) is 31.0. The van der Waals surface area contributed by atoms with Crippen molar-refractivity contribution in [2.45, 2.75) is 120 Å². The minimum Gasteiger partial charge on any atom is -0.497 e. The van der Waals surface area contributed by atoms with Gasteiger partial charge in [0.25, 0.3) is 21.6 Å². The van der Waals surface area contributed by atoms with Gasteiger partial charge in [0.1, 0.15) is 28.6 Å². The molecule has 4 heterocycles. The highest BCUT2D eigenvalue weighted by Gasteiger charge is 2.50. The van der Waals surface area contributed by atoms with Crippen molar-refractivity contribution in [3.8, 4) is 17.2 Å². The minimum atomic E-state index is -4.59. The normalized spacial score (nSPS) is 22.2. The summed E-state index contributed by atoms with van der Waals surface area (Å²) in [5.74, 6) is 1.02. The number of amides is 1. The van der Waals surface area contributed by atoms with Gasteiger partial charge >= 0.3 is 0 Å². The van der Waals surface area contributed by atoms with E-state index in [9.17, 15) is 28.4 Å². The second-order valence-corrected chi connectivity index (χ2v) is 23.8. The molecule has 0 bridgehead atoms. The van der Waals surface area contributed by atoms with E-state index in [4.69, 9.17) is 9.47 Å². The largest absolute Gasteiger partial charge is 0.497 e. The second-order valence-electron chi connectivity index (χ2n) is 22.1. The molecule has 6 aromatic rings. The first-order chi connectivity index (χ1) is 36.0. The number of benzene rings is 4. The Labute approximate surface area is 440 Å². The average Bonchev–Trinajstić information content (AvgIpc) is 3.88. The standard InChI is InChI=1S/C58H70N8O8S/c1-38(2)48-8-6-7-9-49(48)52-31-42(63(4)41-10-13-45(73-5)14-11-41)21-27-65(52)44-34-58(35-44)24-28-64(29-25-58)43-12-16-50(54(32-43)74-46-30-40-20-26-59-55(40)61-37-46)56(67)62-75(71,72)47-15-17-51(53(33-47)66(69)70)60-36-39-18-22-57(3,68)23-19-39/h6-17,20,26,30,32-33,37-39,42,44,52,60,68H,18-19,21-25,27-29,31,34-36H2,1-5H3,(H,59,61)(H,62,67)/t39-,42?,52?,57-. The van der Waals surface area contributed by atoms with E-state index in [1.54, 1.807) is 37.7 Å². The third kappa shape index (κ3) is 11.2. The Hall–Kier alpha value is -6.69. The molecule has 0 radical (unpaired) electrons. The van der Waals surface area contributed by atoms with Crippen LogP contribution in [0.5, 0.6) is 17.2 Å². The van der Waals surface area contributed by atoms with Crippen LogP contribution < -0.4 is 29.3 Å². The lowest BCUT2D eigenvalue weighted by atomic mass is 9.59. The number of hydrogen-bond acceptors (Lipinski definition) is 13. The maximum Gasteiger partial charge on any atom is 0.293 e. The summed E-state index contributed by atoms with van der Waals surface area (Å²) in [6.07, 6.45) is 12.6. The molecule has 1 spiro atoms. The number of aromatic nitrogens is 2. The summed E-state index contributed by atoms with van der Waals surface area (Å²) in [5, 5.41) is 26.5. The molecule has 2 saturated heterocycles. The molecule has 17 heteroatoms. The van der Waals surface area contributed by atoms with Crippen LogP contribution in [0.1, 0.15) is 118 Å². The molecular formula is C58H70N8O8S. The van der Waals surface area contributed by atoms with E-state index >= 15 is 0 Å². The Bertz CT molecular complexity index is 3140. The second kappa shape index (κ2) is 21.1. The van der Waals surface area contributed by atoms with Gasteiger partial charge in [0.15, 0.2) is 0 Å². The molecule has 10 rings (SSSR count). The molecule has 2 saturated carbocycles. The van der Waals surface area contributed by atoms with Crippen LogP contribution in [0.25, 0.3) is 11.0 Å². The summed E-state index contributed by atoms with van der Waals surface area (Å²) in [5.41, 5.74) is 4.80. The number of rotatable bonds is 16.